The summed E-state index contributed by atoms with van der Waals surface area (Å²) in [6, 6.07) is 3.68. The SMILES string of the molecule is CCCNCc1[nH]c(C(=O)OC)c(Br)c1-c1ccc(OC)c(OC)c1OC. The number of esters is 1. The van der Waals surface area contributed by atoms with Crippen LogP contribution in [-0.2, 0) is 11.3 Å². The second-order valence-electron chi connectivity index (χ2n) is 5.72. The molecule has 0 aliphatic carbocycles. The van der Waals surface area contributed by atoms with Gasteiger partial charge in [0.15, 0.2) is 11.5 Å². The van der Waals surface area contributed by atoms with E-state index in [0.29, 0.717) is 34.0 Å². The molecule has 148 valence electrons. The minimum Gasteiger partial charge on any atom is -0.493 e. The number of aromatic amines is 1. The standard InChI is InChI=1S/C19H25BrN2O5/c1-6-9-21-10-12-14(15(20)16(22-12)19(23)27-5)11-7-8-13(24-2)18(26-4)17(11)25-3/h7-8,21-22H,6,9-10H2,1-5H3. The molecule has 1 aromatic heterocycles. The summed E-state index contributed by atoms with van der Waals surface area (Å²) in [6.45, 7) is 3.50. The molecule has 0 aliphatic heterocycles. The molecule has 0 saturated heterocycles. The van der Waals surface area contributed by atoms with Gasteiger partial charge in [0.1, 0.15) is 5.69 Å². The maximum atomic E-state index is 12.2. The van der Waals surface area contributed by atoms with Crippen molar-refractivity contribution < 1.29 is 23.7 Å². The van der Waals surface area contributed by atoms with E-state index < -0.39 is 5.97 Å². The average molecular weight is 441 g/mol. The first kappa shape index (κ1) is 21.1. The topological polar surface area (TPSA) is 81.8 Å². The highest BCUT2D eigenvalue weighted by molar-refractivity contribution is 9.10. The number of halogens is 1. The Bertz CT molecular complexity index is 804. The highest BCUT2D eigenvalue weighted by Gasteiger charge is 2.26. The Morgan fingerprint density at radius 1 is 1.11 bits per heavy atom. The molecule has 7 nitrogen and oxygen atoms in total. The molecule has 2 aromatic rings. The van der Waals surface area contributed by atoms with Gasteiger partial charge in [-0.05, 0) is 41.0 Å². The van der Waals surface area contributed by atoms with Crippen LogP contribution in [0.25, 0.3) is 11.1 Å². The fraction of sp³-hybridized carbons (Fsp3) is 0.421. The summed E-state index contributed by atoms with van der Waals surface area (Å²) in [4.78, 5) is 15.3. The van der Waals surface area contributed by atoms with Gasteiger partial charge in [0.05, 0.1) is 32.9 Å². The van der Waals surface area contributed by atoms with Gasteiger partial charge in [-0.25, -0.2) is 4.79 Å². The molecule has 8 heteroatoms. The second kappa shape index (κ2) is 9.66. The highest BCUT2D eigenvalue weighted by Crippen LogP contribution is 2.47. The van der Waals surface area contributed by atoms with Gasteiger partial charge >= 0.3 is 5.97 Å². The van der Waals surface area contributed by atoms with Crippen LogP contribution in [0.2, 0.25) is 0 Å². The summed E-state index contributed by atoms with van der Waals surface area (Å²) in [5.74, 6) is 1.11. The number of methoxy groups -OCH3 is 4. The van der Waals surface area contributed by atoms with Crippen LogP contribution in [-0.4, -0.2) is 45.9 Å². The van der Waals surface area contributed by atoms with Gasteiger partial charge in [-0.3, -0.25) is 0 Å². The van der Waals surface area contributed by atoms with Gasteiger partial charge in [-0.15, -0.1) is 0 Å². The van der Waals surface area contributed by atoms with Crippen molar-refractivity contribution in [3.8, 4) is 28.4 Å². The molecule has 0 aliphatic rings. The number of carbonyl (C=O) groups excluding carboxylic acids is 1. The lowest BCUT2D eigenvalue weighted by Gasteiger charge is -2.16. The van der Waals surface area contributed by atoms with E-state index in [1.807, 2.05) is 6.07 Å². The quantitative estimate of drug-likeness (QED) is 0.456. The smallest absolute Gasteiger partial charge is 0.355 e. The van der Waals surface area contributed by atoms with Crippen molar-refractivity contribution in [3.05, 3.63) is 28.0 Å². The molecule has 0 amide bonds. The molecule has 0 fully saturated rings. The molecule has 0 bridgehead atoms. The molecule has 0 spiro atoms. The fourth-order valence-electron chi connectivity index (χ4n) is 2.87. The van der Waals surface area contributed by atoms with Crippen LogP contribution in [0.15, 0.2) is 16.6 Å². The Hall–Kier alpha value is -2.19. The van der Waals surface area contributed by atoms with E-state index in [1.54, 1.807) is 27.4 Å². The molecule has 27 heavy (non-hydrogen) atoms. The predicted molar refractivity (Wildman–Crippen MR) is 107 cm³/mol. The average Bonchev–Trinajstić information content (AvgIpc) is 3.02. The van der Waals surface area contributed by atoms with Crippen molar-refractivity contribution in [2.24, 2.45) is 0 Å². The highest BCUT2D eigenvalue weighted by atomic mass is 79.9. The van der Waals surface area contributed by atoms with Crippen LogP contribution < -0.4 is 19.5 Å². The van der Waals surface area contributed by atoms with E-state index in [9.17, 15) is 4.79 Å². The molecule has 2 N–H and O–H groups in total. The minimum atomic E-state index is -0.454. The number of carbonyl (C=O) groups is 1. The van der Waals surface area contributed by atoms with Gasteiger partial charge in [-0.2, -0.15) is 0 Å². The molecule has 0 atom stereocenters. The first-order valence-corrected chi connectivity index (χ1v) is 9.31. The number of benzene rings is 1. The Morgan fingerprint density at radius 3 is 2.37 bits per heavy atom. The second-order valence-corrected chi connectivity index (χ2v) is 6.51. The van der Waals surface area contributed by atoms with Crippen LogP contribution >= 0.6 is 15.9 Å². The minimum absolute atomic E-state index is 0.345. The number of rotatable bonds is 9. The summed E-state index contributed by atoms with van der Waals surface area (Å²) in [5, 5.41) is 3.35. The zero-order chi connectivity index (χ0) is 20.0. The molecule has 0 radical (unpaired) electrons. The van der Waals surface area contributed by atoms with E-state index in [4.69, 9.17) is 18.9 Å². The Labute approximate surface area is 167 Å². The van der Waals surface area contributed by atoms with Crippen molar-refractivity contribution in [2.45, 2.75) is 19.9 Å². The number of ether oxygens (including phenoxy) is 4. The summed E-state index contributed by atoms with van der Waals surface area (Å²) < 4.78 is 22.0. The van der Waals surface area contributed by atoms with E-state index >= 15 is 0 Å². The molecular formula is C19H25BrN2O5. The van der Waals surface area contributed by atoms with E-state index in [1.165, 1.54) is 7.11 Å². The van der Waals surface area contributed by atoms with Crippen LogP contribution in [0, 0.1) is 0 Å². The first-order chi connectivity index (χ1) is 13.0. The van der Waals surface area contributed by atoms with Crippen LogP contribution in [0.3, 0.4) is 0 Å². The molecule has 1 heterocycles. The molecule has 2 rings (SSSR count). The number of aromatic nitrogens is 1. The fourth-order valence-corrected chi connectivity index (χ4v) is 3.58. The van der Waals surface area contributed by atoms with Gasteiger partial charge < -0.3 is 29.2 Å². The van der Waals surface area contributed by atoms with Crippen LogP contribution in [0.1, 0.15) is 29.5 Å². The van der Waals surface area contributed by atoms with Gasteiger partial charge in [0.2, 0.25) is 5.75 Å². The molecule has 0 saturated carbocycles. The summed E-state index contributed by atoms with van der Waals surface area (Å²) >= 11 is 3.55. The van der Waals surface area contributed by atoms with Crippen molar-refractivity contribution in [3.63, 3.8) is 0 Å². The number of H-pyrrole nitrogens is 1. The van der Waals surface area contributed by atoms with E-state index in [2.05, 4.69) is 33.2 Å². The van der Waals surface area contributed by atoms with Gasteiger partial charge in [0, 0.05) is 23.4 Å². The monoisotopic (exact) mass is 440 g/mol. The Kier molecular flexibility index (Phi) is 7.55. The van der Waals surface area contributed by atoms with Gasteiger partial charge in [0.25, 0.3) is 0 Å². The zero-order valence-corrected chi connectivity index (χ0v) is 17.8. The summed E-state index contributed by atoms with van der Waals surface area (Å²) in [7, 11) is 6.04. The first-order valence-electron chi connectivity index (χ1n) is 8.52. The molecular weight excluding hydrogens is 416 g/mol. The van der Waals surface area contributed by atoms with Crippen molar-refractivity contribution >= 4 is 21.9 Å². The van der Waals surface area contributed by atoms with Crippen LogP contribution in [0.4, 0.5) is 0 Å². The maximum Gasteiger partial charge on any atom is 0.355 e. The van der Waals surface area contributed by atoms with Crippen molar-refractivity contribution in [1.82, 2.24) is 10.3 Å². The normalized spacial score (nSPS) is 10.6. The Morgan fingerprint density at radius 2 is 1.81 bits per heavy atom. The summed E-state index contributed by atoms with van der Waals surface area (Å²) in [6.07, 6.45) is 1.00. The molecule has 1 aromatic carbocycles. The van der Waals surface area contributed by atoms with Gasteiger partial charge in [-0.1, -0.05) is 6.92 Å². The Balaban J connectivity index is 2.68. The van der Waals surface area contributed by atoms with Crippen molar-refractivity contribution in [2.75, 3.05) is 35.0 Å². The summed E-state index contributed by atoms with van der Waals surface area (Å²) in [5.41, 5.74) is 2.75. The lowest BCUT2D eigenvalue weighted by molar-refractivity contribution is 0.0593. The third-order valence-electron chi connectivity index (χ3n) is 4.11. The third kappa shape index (κ3) is 4.22. The number of nitrogens with one attached hydrogen (secondary N) is 2. The zero-order valence-electron chi connectivity index (χ0n) is 16.2. The number of hydrogen-bond acceptors (Lipinski definition) is 6. The third-order valence-corrected chi connectivity index (χ3v) is 4.90. The lowest BCUT2D eigenvalue weighted by Crippen LogP contribution is -2.15. The van der Waals surface area contributed by atoms with E-state index in [-0.39, 0.29) is 0 Å². The maximum absolute atomic E-state index is 12.2. The predicted octanol–water partition coefficient (Wildman–Crippen LogP) is 3.76. The molecule has 0 unspecified atom stereocenters. The van der Waals surface area contributed by atoms with E-state index in [0.717, 1.165) is 29.8 Å². The largest absolute Gasteiger partial charge is 0.493 e. The lowest BCUT2D eigenvalue weighted by atomic mass is 10.0. The number of hydrogen-bond donors (Lipinski definition) is 2. The van der Waals surface area contributed by atoms with Crippen LogP contribution in [0.5, 0.6) is 17.2 Å². The van der Waals surface area contributed by atoms with Crippen molar-refractivity contribution in [1.29, 1.82) is 0 Å².